The van der Waals surface area contributed by atoms with Crippen LogP contribution in [0, 0.1) is 3.57 Å². The number of benzene rings is 1. The smallest absolute Gasteiger partial charge is 0.0567 e. The van der Waals surface area contributed by atoms with Crippen LogP contribution in [0.4, 0.5) is 0 Å². The summed E-state index contributed by atoms with van der Waals surface area (Å²) in [5, 5.41) is 1.46. The van der Waals surface area contributed by atoms with Gasteiger partial charge >= 0.3 is 0 Å². The van der Waals surface area contributed by atoms with Crippen molar-refractivity contribution in [3.63, 3.8) is 0 Å². The fourth-order valence-electron chi connectivity index (χ4n) is 0.724. The van der Waals surface area contributed by atoms with Crippen molar-refractivity contribution < 1.29 is 0 Å². The van der Waals surface area contributed by atoms with E-state index in [4.69, 9.17) is 23.2 Å². The highest BCUT2D eigenvalue weighted by molar-refractivity contribution is 14.1. The topological polar surface area (TPSA) is 0 Å². The molecule has 11 heavy (non-hydrogen) atoms. The normalized spacial score (nSPS) is 10.2. The predicted octanol–water partition coefficient (Wildman–Crippen LogP) is 4.32. The van der Waals surface area contributed by atoms with Crippen LogP contribution >= 0.6 is 57.6 Å². The molecule has 0 radical (unpaired) electrons. The van der Waals surface area contributed by atoms with Crippen molar-refractivity contribution in [1.82, 2.24) is 0 Å². The molecule has 4 heteroatoms. The summed E-state index contributed by atoms with van der Waals surface area (Å²) >= 11 is 15.6. The number of halogens is 3. The van der Waals surface area contributed by atoms with E-state index in [1.807, 2.05) is 18.4 Å². The lowest BCUT2D eigenvalue weighted by molar-refractivity contribution is 1.44. The zero-order chi connectivity index (χ0) is 8.43. The summed E-state index contributed by atoms with van der Waals surface area (Å²) in [6.07, 6.45) is 1.96. The van der Waals surface area contributed by atoms with E-state index in [-0.39, 0.29) is 0 Å². The SMILES string of the molecule is CSc1c(Cl)cc(I)cc1Cl. The van der Waals surface area contributed by atoms with Crippen molar-refractivity contribution >= 4 is 57.6 Å². The van der Waals surface area contributed by atoms with Gasteiger partial charge in [0.25, 0.3) is 0 Å². The van der Waals surface area contributed by atoms with Gasteiger partial charge in [-0.05, 0) is 41.0 Å². The second kappa shape index (κ2) is 4.21. The Bertz CT molecular complexity index is 252. The minimum Gasteiger partial charge on any atom is -0.127 e. The summed E-state index contributed by atoms with van der Waals surface area (Å²) in [7, 11) is 0. The van der Waals surface area contributed by atoms with Gasteiger partial charge in [0.2, 0.25) is 0 Å². The van der Waals surface area contributed by atoms with Gasteiger partial charge in [-0.25, -0.2) is 0 Å². The Morgan fingerprint density at radius 3 is 2.09 bits per heavy atom. The molecule has 1 aromatic rings. The van der Waals surface area contributed by atoms with Crippen molar-refractivity contribution in [3.05, 3.63) is 25.7 Å². The van der Waals surface area contributed by atoms with Crippen molar-refractivity contribution in [3.8, 4) is 0 Å². The summed E-state index contributed by atoms with van der Waals surface area (Å²) in [4.78, 5) is 0.953. The van der Waals surface area contributed by atoms with Gasteiger partial charge in [-0.15, -0.1) is 11.8 Å². The first-order valence-electron chi connectivity index (χ1n) is 2.83. The molecule has 0 bridgehead atoms. The third-order valence-corrected chi connectivity index (χ3v) is 3.46. The van der Waals surface area contributed by atoms with E-state index < -0.39 is 0 Å². The van der Waals surface area contributed by atoms with Gasteiger partial charge in [-0.3, -0.25) is 0 Å². The highest BCUT2D eigenvalue weighted by Crippen LogP contribution is 2.33. The van der Waals surface area contributed by atoms with Crippen LogP contribution in [0.25, 0.3) is 0 Å². The lowest BCUT2D eigenvalue weighted by Crippen LogP contribution is -1.78. The molecule has 0 aromatic heterocycles. The van der Waals surface area contributed by atoms with E-state index in [2.05, 4.69) is 22.6 Å². The number of hydrogen-bond donors (Lipinski definition) is 0. The van der Waals surface area contributed by atoms with Gasteiger partial charge in [0.1, 0.15) is 0 Å². The molecule has 0 fully saturated rings. The number of thioether (sulfide) groups is 1. The van der Waals surface area contributed by atoms with Crippen molar-refractivity contribution in [2.24, 2.45) is 0 Å². The second-order valence-corrected chi connectivity index (χ2v) is 4.78. The lowest BCUT2D eigenvalue weighted by atomic mass is 10.4. The molecule has 1 aromatic carbocycles. The van der Waals surface area contributed by atoms with Gasteiger partial charge in [0, 0.05) is 8.47 Å². The average molecular weight is 319 g/mol. The Morgan fingerprint density at radius 1 is 1.27 bits per heavy atom. The Labute approximate surface area is 93.8 Å². The second-order valence-electron chi connectivity index (χ2n) is 1.90. The molecular formula is C7H5Cl2IS. The highest BCUT2D eigenvalue weighted by Gasteiger charge is 2.04. The van der Waals surface area contributed by atoms with Crippen LogP contribution in [0.2, 0.25) is 10.0 Å². The van der Waals surface area contributed by atoms with E-state index >= 15 is 0 Å². The average Bonchev–Trinajstić information content (AvgIpc) is 1.85. The molecule has 0 spiro atoms. The van der Waals surface area contributed by atoms with E-state index in [1.54, 1.807) is 11.8 Å². The molecule has 0 unspecified atom stereocenters. The van der Waals surface area contributed by atoms with Gasteiger partial charge in [0.15, 0.2) is 0 Å². The highest BCUT2D eigenvalue weighted by atomic mass is 127. The van der Waals surface area contributed by atoms with Crippen molar-refractivity contribution in [2.45, 2.75) is 4.90 Å². The van der Waals surface area contributed by atoms with E-state index in [9.17, 15) is 0 Å². The van der Waals surface area contributed by atoms with Crippen LogP contribution in [0.3, 0.4) is 0 Å². The maximum absolute atomic E-state index is 5.92. The van der Waals surface area contributed by atoms with Crippen LogP contribution in [0.15, 0.2) is 17.0 Å². The summed E-state index contributed by atoms with van der Waals surface area (Å²) in [6.45, 7) is 0. The summed E-state index contributed by atoms with van der Waals surface area (Å²) in [6, 6.07) is 3.81. The zero-order valence-electron chi connectivity index (χ0n) is 5.70. The fourth-order valence-corrected chi connectivity index (χ4v) is 3.17. The molecule has 0 heterocycles. The number of hydrogen-bond acceptors (Lipinski definition) is 1. The van der Waals surface area contributed by atoms with Crippen molar-refractivity contribution in [2.75, 3.05) is 6.26 Å². The van der Waals surface area contributed by atoms with Crippen LogP contribution in [-0.2, 0) is 0 Å². The van der Waals surface area contributed by atoms with E-state index in [1.165, 1.54) is 0 Å². The summed E-state index contributed by atoms with van der Waals surface area (Å²) < 4.78 is 1.07. The molecule has 0 N–H and O–H groups in total. The van der Waals surface area contributed by atoms with Gasteiger partial charge in [-0.1, -0.05) is 23.2 Å². The minimum absolute atomic E-state index is 0.731. The maximum Gasteiger partial charge on any atom is 0.0567 e. The quantitative estimate of drug-likeness (QED) is 0.549. The van der Waals surface area contributed by atoms with Crippen molar-refractivity contribution in [1.29, 1.82) is 0 Å². The fraction of sp³-hybridized carbons (Fsp3) is 0.143. The molecule has 0 atom stereocenters. The maximum atomic E-state index is 5.92. The summed E-state index contributed by atoms with van der Waals surface area (Å²) in [5.41, 5.74) is 0. The molecule has 0 saturated heterocycles. The monoisotopic (exact) mass is 318 g/mol. The predicted molar refractivity (Wildman–Crippen MR) is 61.0 cm³/mol. The van der Waals surface area contributed by atoms with E-state index in [0.717, 1.165) is 18.5 Å². The molecule has 0 saturated carbocycles. The lowest BCUT2D eigenvalue weighted by Gasteiger charge is -2.03. The Morgan fingerprint density at radius 2 is 1.73 bits per heavy atom. The molecule has 0 amide bonds. The third kappa shape index (κ3) is 2.41. The van der Waals surface area contributed by atoms with Crippen LogP contribution in [0.1, 0.15) is 0 Å². The molecular weight excluding hydrogens is 314 g/mol. The Hall–Kier alpha value is 0.880. The Kier molecular flexibility index (Phi) is 3.81. The molecule has 60 valence electrons. The van der Waals surface area contributed by atoms with Gasteiger partial charge < -0.3 is 0 Å². The zero-order valence-corrected chi connectivity index (χ0v) is 10.2. The van der Waals surface area contributed by atoms with E-state index in [0.29, 0.717) is 0 Å². The molecule has 0 aliphatic rings. The first-order chi connectivity index (χ1) is 5.15. The first kappa shape index (κ1) is 9.96. The van der Waals surface area contributed by atoms with Gasteiger partial charge in [-0.2, -0.15) is 0 Å². The third-order valence-electron chi connectivity index (χ3n) is 1.17. The summed E-state index contributed by atoms with van der Waals surface area (Å²) in [5.74, 6) is 0. The molecule has 0 aliphatic carbocycles. The Balaban J connectivity index is 3.25. The largest absolute Gasteiger partial charge is 0.127 e. The molecule has 1 rings (SSSR count). The molecule has 0 aliphatic heterocycles. The van der Waals surface area contributed by atoms with Crippen LogP contribution in [0.5, 0.6) is 0 Å². The number of rotatable bonds is 1. The minimum atomic E-state index is 0.731. The van der Waals surface area contributed by atoms with Gasteiger partial charge in [0.05, 0.1) is 10.0 Å². The standard InChI is InChI=1S/C7H5Cl2IS/c1-11-7-5(8)2-4(10)3-6(7)9/h2-3H,1H3. The van der Waals surface area contributed by atoms with Crippen LogP contribution < -0.4 is 0 Å². The molecule has 0 nitrogen and oxygen atoms in total. The first-order valence-corrected chi connectivity index (χ1v) is 5.89. The van der Waals surface area contributed by atoms with Crippen LogP contribution in [-0.4, -0.2) is 6.26 Å².